The number of nitrogens with one attached hydrogen (secondary N) is 1. The lowest BCUT2D eigenvalue weighted by molar-refractivity contribution is 0.0747. The number of anilines is 1. The molecule has 0 saturated heterocycles. The normalized spacial score (nSPS) is 13.3. The van der Waals surface area contributed by atoms with Crippen molar-refractivity contribution >= 4 is 21.6 Å². The molecular weight excluding hydrogens is 362 g/mol. The summed E-state index contributed by atoms with van der Waals surface area (Å²) in [4.78, 5) is 18.6. The van der Waals surface area contributed by atoms with E-state index in [-0.39, 0.29) is 16.4 Å². The maximum Gasteiger partial charge on any atom is 0.262 e. The molecule has 0 radical (unpaired) electrons. The molecule has 0 saturated carbocycles. The van der Waals surface area contributed by atoms with Crippen molar-refractivity contribution in [3.8, 4) is 0 Å². The Bertz CT molecular complexity index is 1070. The van der Waals surface area contributed by atoms with Gasteiger partial charge in [-0.25, -0.2) is 8.42 Å². The SMILES string of the molecule is O=C(c1ccccc1S(=O)(=O)Nc1cccnc1)N1Cc2ccccc2C1. The lowest BCUT2D eigenvalue weighted by atomic mass is 10.1. The standard InChI is InChI=1S/C20H17N3O3S/c24-20(23-13-15-6-1-2-7-16(15)14-23)18-9-3-4-10-19(18)27(25,26)22-17-8-5-11-21-12-17/h1-12,22H,13-14H2. The lowest BCUT2D eigenvalue weighted by Crippen LogP contribution is -2.28. The predicted molar refractivity (Wildman–Crippen MR) is 102 cm³/mol. The van der Waals surface area contributed by atoms with Gasteiger partial charge in [-0.1, -0.05) is 36.4 Å². The molecule has 0 spiro atoms. The van der Waals surface area contributed by atoms with Gasteiger partial charge in [0.25, 0.3) is 15.9 Å². The van der Waals surface area contributed by atoms with Crippen LogP contribution in [0.25, 0.3) is 0 Å². The van der Waals surface area contributed by atoms with Gasteiger partial charge in [0.05, 0.1) is 17.4 Å². The molecule has 1 amide bonds. The van der Waals surface area contributed by atoms with E-state index in [2.05, 4.69) is 9.71 Å². The number of carbonyl (C=O) groups is 1. The molecule has 0 fully saturated rings. The number of carbonyl (C=O) groups excluding carboxylic acids is 1. The number of amides is 1. The minimum Gasteiger partial charge on any atom is -0.330 e. The van der Waals surface area contributed by atoms with E-state index in [0.29, 0.717) is 18.8 Å². The third-order valence-corrected chi connectivity index (χ3v) is 5.89. The molecule has 0 bridgehead atoms. The quantitative estimate of drug-likeness (QED) is 0.756. The molecule has 1 aliphatic rings. The van der Waals surface area contributed by atoms with Crippen LogP contribution in [-0.4, -0.2) is 24.2 Å². The lowest BCUT2D eigenvalue weighted by Gasteiger charge is -2.18. The molecule has 27 heavy (non-hydrogen) atoms. The number of hydrogen-bond donors (Lipinski definition) is 1. The average Bonchev–Trinajstić information content (AvgIpc) is 3.12. The summed E-state index contributed by atoms with van der Waals surface area (Å²) in [6, 6.07) is 17.3. The van der Waals surface area contributed by atoms with Gasteiger partial charge in [-0.05, 0) is 35.4 Å². The first-order chi connectivity index (χ1) is 13.0. The molecule has 1 N–H and O–H groups in total. The maximum absolute atomic E-state index is 13.1. The van der Waals surface area contributed by atoms with Crippen LogP contribution in [0.5, 0.6) is 0 Å². The molecule has 6 nitrogen and oxygen atoms in total. The molecule has 0 unspecified atom stereocenters. The summed E-state index contributed by atoms with van der Waals surface area (Å²) < 4.78 is 28.2. The van der Waals surface area contributed by atoms with Crippen LogP contribution < -0.4 is 4.72 Å². The van der Waals surface area contributed by atoms with Gasteiger partial charge in [-0.2, -0.15) is 0 Å². The Morgan fingerprint density at radius 1 is 0.926 bits per heavy atom. The van der Waals surface area contributed by atoms with Crippen LogP contribution in [0.3, 0.4) is 0 Å². The minimum atomic E-state index is -3.92. The molecule has 1 aliphatic heterocycles. The van der Waals surface area contributed by atoms with Gasteiger partial charge in [-0.15, -0.1) is 0 Å². The van der Waals surface area contributed by atoms with Gasteiger partial charge in [0.2, 0.25) is 0 Å². The molecule has 0 atom stereocenters. The number of fused-ring (bicyclic) bond motifs is 1. The van der Waals surface area contributed by atoms with Crippen LogP contribution in [0.4, 0.5) is 5.69 Å². The number of rotatable bonds is 4. The second kappa shape index (κ2) is 6.85. The second-order valence-electron chi connectivity index (χ2n) is 6.27. The Kier molecular flexibility index (Phi) is 4.37. The van der Waals surface area contributed by atoms with Crippen molar-refractivity contribution < 1.29 is 13.2 Å². The van der Waals surface area contributed by atoms with Crippen molar-refractivity contribution in [2.24, 2.45) is 0 Å². The molecule has 0 aliphatic carbocycles. The van der Waals surface area contributed by atoms with E-state index in [9.17, 15) is 13.2 Å². The number of hydrogen-bond acceptors (Lipinski definition) is 4. The second-order valence-corrected chi connectivity index (χ2v) is 7.92. The summed E-state index contributed by atoms with van der Waals surface area (Å²) in [5.74, 6) is -0.307. The molecular formula is C20H17N3O3S. The molecule has 3 aromatic rings. The Morgan fingerprint density at radius 2 is 1.59 bits per heavy atom. The van der Waals surface area contributed by atoms with Crippen LogP contribution in [-0.2, 0) is 23.1 Å². The van der Waals surface area contributed by atoms with E-state index < -0.39 is 10.0 Å². The van der Waals surface area contributed by atoms with E-state index >= 15 is 0 Å². The maximum atomic E-state index is 13.1. The summed E-state index contributed by atoms with van der Waals surface area (Å²) >= 11 is 0. The molecule has 2 aromatic carbocycles. The zero-order chi connectivity index (χ0) is 18.9. The Hall–Kier alpha value is -3.19. The van der Waals surface area contributed by atoms with Crippen molar-refractivity contribution in [3.05, 3.63) is 89.7 Å². The summed E-state index contributed by atoms with van der Waals surface area (Å²) in [5, 5.41) is 0. The highest BCUT2D eigenvalue weighted by atomic mass is 32.2. The van der Waals surface area contributed by atoms with E-state index in [1.165, 1.54) is 12.3 Å². The molecule has 1 aromatic heterocycles. The number of pyridine rings is 1. The topological polar surface area (TPSA) is 79.4 Å². The molecule has 4 rings (SSSR count). The summed E-state index contributed by atoms with van der Waals surface area (Å²) in [6.45, 7) is 0.943. The van der Waals surface area contributed by atoms with Gasteiger partial charge in [0.1, 0.15) is 4.90 Å². The van der Waals surface area contributed by atoms with Crippen molar-refractivity contribution in [1.82, 2.24) is 9.88 Å². The van der Waals surface area contributed by atoms with Gasteiger partial charge in [-0.3, -0.25) is 14.5 Å². The van der Waals surface area contributed by atoms with Crippen LogP contribution in [0.15, 0.2) is 78.0 Å². The minimum absolute atomic E-state index is 0.0465. The van der Waals surface area contributed by atoms with Crippen LogP contribution in [0.1, 0.15) is 21.5 Å². The number of aromatic nitrogens is 1. The summed E-state index contributed by atoms with van der Waals surface area (Å²) in [5.41, 5.74) is 2.66. The van der Waals surface area contributed by atoms with Crippen LogP contribution in [0, 0.1) is 0 Å². The smallest absolute Gasteiger partial charge is 0.262 e. The van der Waals surface area contributed by atoms with Gasteiger partial charge in [0, 0.05) is 19.3 Å². The van der Waals surface area contributed by atoms with Crippen LogP contribution in [0.2, 0.25) is 0 Å². The van der Waals surface area contributed by atoms with Crippen molar-refractivity contribution in [2.45, 2.75) is 18.0 Å². The van der Waals surface area contributed by atoms with E-state index in [4.69, 9.17) is 0 Å². The van der Waals surface area contributed by atoms with E-state index in [1.54, 1.807) is 41.4 Å². The molecule has 136 valence electrons. The fourth-order valence-corrected chi connectivity index (χ4v) is 4.40. The highest BCUT2D eigenvalue weighted by molar-refractivity contribution is 7.92. The van der Waals surface area contributed by atoms with Gasteiger partial charge >= 0.3 is 0 Å². The first-order valence-electron chi connectivity index (χ1n) is 8.42. The highest BCUT2D eigenvalue weighted by Crippen LogP contribution is 2.27. The van der Waals surface area contributed by atoms with E-state index in [1.807, 2.05) is 24.3 Å². The monoisotopic (exact) mass is 379 g/mol. The average molecular weight is 379 g/mol. The van der Waals surface area contributed by atoms with Crippen molar-refractivity contribution in [2.75, 3.05) is 4.72 Å². The van der Waals surface area contributed by atoms with Crippen molar-refractivity contribution in [3.63, 3.8) is 0 Å². The van der Waals surface area contributed by atoms with Crippen molar-refractivity contribution in [1.29, 1.82) is 0 Å². The largest absolute Gasteiger partial charge is 0.330 e. The third kappa shape index (κ3) is 3.41. The Balaban J connectivity index is 1.65. The fourth-order valence-electron chi connectivity index (χ4n) is 3.16. The predicted octanol–water partition coefficient (Wildman–Crippen LogP) is 3.04. The number of nitrogens with zero attached hydrogens (tertiary/aromatic N) is 2. The van der Waals surface area contributed by atoms with Crippen LogP contribution >= 0.6 is 0 Å². The first kappa shape index (κ1) is 17.2. The third-order valence-electron chi connectivity index (χ3n) is 4.45. The van der Waals surface area contributed by atoms with Gasteiger partial charge in [0.15, 0.2) is 0 Å². The summed E-state index contributed by atoms with van der Waals surface area (Å²) in [7, 11) is -3.92. The summed E-state index contributed by atoms with van der Waals surface area (Å²) in [6.07, 6.45) is 2.97. The number of sulfonamides is 1. The Labute approximate surface area is 157 Å². The highest BCUT2D eigenvalue weighted by Gasteiger charge is 2.28. The zero-order valence-electron chi connectivity index (χ0n) is 14.4. The molecule has 2 heterocycles. The number of benzene rings is 2. The van der Waals surface area contributed by atoms with E-state index in [0.717, 1.165) is 11.1 Å². The Morgan fingerprint density at radius 3 is 2.26 bits per heavy atom. The van der Waals surface area contributed by atoms with Gasteiger partial charge < -0.3 is 4.90 Å². The zero-order valence-corrected chi connectivity index (χ0v) is 15.2. The fraction of sp³-hybridized carbons (Fsp3) is 0.100. The first-order valence-corrected chi connectivity index (χ1v) is 9.91. The molecule has 7 heteroatoms.